The van der Waals surface area contributed by atoms with Crippen LogP contribution in [0.5, 0.6) is 0 Å². The van der Waals surface area contributed by atoms with Crippen LogP contribution in [-0.4, -0.2) is 34.1 Å². The molecule has 1 aromatic carbocycles. The van der Waals surface area contributed by atoms with Crippen molar-refractivity contribution in [1.29, 1.82) is 0 Å². The molecule has 1 amide bonds. The number of carbonyl (C=O) groups excluding carboxylic acids is 1. The van der Waals surface area contributed by atoms with Gasteiger partial charge in [0.1, 0.15) is 0 Å². The number of benzene rings is 1. The van der Waals surface area contributed by atoms with E-state index < -0.39 is 0 Å². The first-order valence-electron chi connectivity index (χ1n) is 8.50. The zero-order valence-corrected chi connectivity index (χ0v) is 14.3. The molecule has 0 saturated carbocycles. The molecule has 0 fully saturated rings. The Labute approximate surface area is 147 Å². The van der Waals surface area contributed by atoms with Gasteiger partial charge in [-0.05, 0) is 36.6 Å². The maximum Gasteiger partial charge on any atom is 0.224 e. The molecule has 0 aliphatic heterocycles. The number of rotatable bonds is 7. The Kier molecular flexibility index (Phi) is 5.46. The first-order valence-corrected chi connectivity index (χ1v) is 8.50. The number of para-hydroxylation sites is 1. The number of nitrogens with zero attached hydrogens (tertiary/aromatic N) is 1. The van der Waals surface area contributed by atoms with Gasteiger partial charge in [-0.3, -0.25) is 9.78 Å². The molecule has 0 spiro atoms. The van der Waals surface area contributed by atoms with Crippen LogP contribution in [0.1, 0.15) is 16.8 Å². The number of aromatic amines is 1. The van der Waals surface area contributed by atoms with Gasteiger partial charge < -0.3 is 15.4 Å². The number of amides is 1. The molecule has 0 radical (unpaired) electrons. The van der Waals surface area contributed by atoms with Crippen LogP contribution in [0.3, 0.4) is 0 Å². The van der Waals surface area contributed by atoms with Crippen molar-refractivity contribution in [2.24, 2.45) is 5.92 Å². The van der Waals surface area contributed by atoms with Gasteiger partial charge in [0.25, 0.3) is 0 Å². The Hall–Kier alpha value is -2.66. The average Bonchev–Trinajstić information content (AvgIpc) is 3.04. The van der Waals surface area contributed by atoms with E-state index in [4.69, 9.17) is 0 Å². The highest BCUT2D eigenvalue weighted by molar-refractivity contribution is 5.90. The average molecular weight is 337 g/mol. The minimum absolute atomic E-state index is 0.0170. The van der Waals surface area contributed by atoms with Gasteiger partial charge in [-0.25, -0.2) is 0 Å². The van der Waals surface area contributed by atoms with Crippen LogP contribution < -0.4 is 5.32 Å². The number of aromatic nitrogens is 2. The Bertz CT molecular complexity index is 843. The van der Waals surface area contributed by atoms with Crippen LogP contribution in [0.4, 0.5) is 0 Å². The second-order valence-electron chi connectivity index (χ2n) is 6.37. The van der Waals surface area contributed by atoms with E-state index in [9.17, 15) is 9.90 Å². The number of hydrogen-bond donors (Lipinski definition) is 3. The van der Waals surface area contributed by atoms with Crippen molar-refractivity contribution in [3.8, 4) is 0 Å². The van der Waals surface area contributed by atoms with Crippen molar-refractivity contribution in [3.05, 3.63) is 65.6 Å². The van der Waals surface area contributed by atoms with Crippen molar-refractivity contribution in [2.45, 2.75) is 19.8 Å². The van der Waals surface area contributed by atoms with Crippen LogP contribution in [0.15, 0.2) is 48.8 Å². The van der Waals surface area contributed by atoms with Crippen molar-refractivity contribution >= 4 is 16.8 Å². The Morgan fingerprint density at radius 1 is 1.28 bits per heavy atom. The molecule has 5 heteroatoms. The molecule has 1 unspecified atom stereocenters. The summed E-state index contributed by atoms with van der Waals surface area (Å²) in [5, 5.41) is 13.6. The zero-order valence-electron chi connectivity index (χ0n) is 14.3. The fourth-order valence-electron chi connectivity index (χ4n) is 3.02. The van der Waals surface area contributed by atoms with E-state index in [0.717, 1.165) is 22.2 Å². The summed E-state index contributed by atoms with van der Waals surface area (Å²) < 4.78 is 0. The van der Waals surface area contributed by atoms with Gasteiger partial charge in [0.15, 0.2) is 0 Å². The van der Waals surface area contributed by atoms with E-state index in [1.54, 1.807) is 6.20 Å². The summed E-state index contributed by atoms with van der Waals surface area (Å²) in [6, 6.07) is 11.8. The molecule has 130 valence electrons. The van der Waals surface area contributed by atoms with E-state index in [0.29, 0.717) is 19.4 Å². The van der Waals surface area contributed by atoms with Crippen LogP contribution in [-0.2, 0) is 17.6 Å². The van der Waals surface area contributed by atoms with Gasteiger partial charge in [0.05, 0.1) is 6.42 Å². The van der Waals surface area contributed by atoms with Crippen LogP contribution >= 0.6 is 0 Å². The number of H-pyrrole nitrogens is 1. The number of pyridine rings is 1. The Balaban J connectivity index is 1.57. The maximum absolute atomic E-state index is 12.3. The van der Waals surface area contributed by atoms with E-state index in [2.05, 4.69) is 15.3 Å². The molecule has 0 aliphatic carbocycles. The third kappa shape index (κ3) is 4.25. The minimum atomic E-state index is -0.0399. The molecule has 3 N–H and O–H groups in total. The molecule has 0 bridgehead atoms. The third-order valence-corrected chi connectivity index (χ3v) is 4.43. The van der Waals surface area contributed by atoms with Gasteiger partial charge >= 0.3 is 0 Å². The van der Waals surface area contributed by atoms with Crippen molar-refractivity contribution in [2.75, 3.05) is 13.2 Å². The molecule has 1 atom stereocenters. The smallest absolute Gasteiger partial charge is 0.224 e. The third-order valence-electron chi connectivity index (χ3n) is 4.43. The standard InChI is InChI=1S/C20H23N3O2/c1-14-5-4-7-18-16(12-23-20(14)18)10-19(25)22-11-15(13-24)9-17-6-2-3-8-21-17/h2-8,12,15,23-24H,9-11,13H2,1H3,(H,22,25). The van der Waals surface area contributed by atoms with Gasteiger partial charge in [-0.15, -0.1) is 0 Å². The number of nitrogens with one attached hydrogen (secondary N) is 2. The summed E-state index contributed by atoms with van der Waals surface area (Å²) in [6.07, 6.45) is 4.60. The lowest BCUT2D eigenvalue weighted by Gasteiger charge is -2.14. The monoisotopic (exact) mass is 337 g/mol. The van der Waals surface area contributed by atoms with Gasteiger partial charge in [-0.2, -0.15) is 0 Å². The first kappa shape index (κ1) is 17.2. The number of aliphatic hydroxyl groups excluding tert-OH is 1. The fourth-order valence-corrected chi connectivity index (χ4v) is 3.02. The molecule has 2 aromatic heterocycles. The summed E-state index contributed by atoms with van der Waals surface area (Å²) >= 11 is 0. The summed E-state index contributed by atoms with van der Waals surface area (Å²) in [7, 11) is 0. The van der Waals surface area contributed by atoms with E-state index in [1.807, 2.05) is 49.5 Å². The second kappa shape index (κ2) is 7.94. The maximum atomic E-state index is 12.3. The number of aryl methyl sites for hydroxylation is 1. The van der Waals surface area contributed by atoms with Gasteiger partial charge in [-0.1, -0.05) is 24.3 Å². The predicted octanol–water partition coefficient (Wildman–Crippen LogP) is 2.38. The molecule has 25 heavy (non-hydrogen) atoms. The quantitative estimate of drug-likeness (QED) is 0.619. The number of hydrogen-bond acceptors (Lipinski definition) is 3. The second-order valence-corrected chi connectivity index (χ2v) is 6.37. The molecular formula is C20H23N3O2. The molecule has 0 saturated heterocycles. The lowest BCUT2D eigenvalue weighted by atomic mass is 10.0. The van der Waals surface area contributed by atoms with Crippen molar-refractivity contribution in [1.82, 2.24) is 15.3 Å². The number of aliphatic hydroxyl groups is 1. The van der Waals surface area contributed by atoms with Crippen LogP contribution in [0.25, 0.3) is 10.9 Å². The van der Waals surface area contributed by atoms with Crippen LogP contribution in [0, 0.1) is 12.8 Å². The highest BCUT2D eigenvalue weighted by Gasteiger charge is 2.13. The molecule has 5 nitrogen and oxygen atoms in total. The Morgan fingerprint density at radius 3 is 2.92 bits per heavy atom. The highest BCUT2D eigenvalue weighted by atomic mass is 16.3. The van der Waals surface area contributed by atoms with Crippen LogP contribution in [0.2, 0.25) is 0 Å². The molecule has 2 heterocycles. The lowest BCUT2D eigenvalue weighted by Crippen LogP contribution is -2.32. The number of carbonyl (C=O) groups is 1. The molecule has 3 aromatic rings. The fraction of sp³-hybridized carbons (Fsp3) is 0.300. The van der Waals surface area contributed by atoms with Crippen molar-refractivity contribution in [3.63, 3.8) is 0 Å². The molecule has 0 aliphatic rings. The van der Waals surface area contributed by atoms with Crippen molar-refractivity contribution < 1.29 is 9.90 Å². The summed E-state index contributed by atoms with van der Waals surface area (Å²) in [5.74, 6) is -0.0778. The van der Waals surface area contributed by atoms with Gasteiger partial charge in [0, 0.05) is 48.1 Å². The molecular weight excluding hydrogens is 314 g/mol. The predicted molar refractivity (Wildman–Crippen MR) is 98.3 cm³/mol. The van der Waals surface area contributed by atoms with Gasteiger partial charge in [0.2, 0.25) is 5.91 Å². The molecule has 3 rings (SSSR count). The summed E-state index contributed by atoms with van der Waals surface area (Å²) in [4.78, 5) is 19.8. The lowest BCUT2D eigenvalue weighted by molar-refractivity contribution is -0.120. The zero-order chi connectivity index (χ0) is 17.6. The van der Waals surface area contributed by atoms with E-state index >= 15 is 0 Å². The summed E-state index contributed by atoms with van der Waals surface area (Å²) in [5.41, 5.74) is 4.15. The highest BCUT2D eigenvalue weighted by Crippen LogP contribution is 2.21. The largest absolute Gasteiger partial charge is 0.396 e. The topological polar surface area (TPSA) is 78.0 Å². The first-order chi connectivity index (χ1) is 12.2. The Morgan fingerprint density at radius 2 is 2.16 bits per heavy atom. The van der Waals surface area contributed by atoms with E-state index in [-0.39, 0.29) is 18.4 Å². The van der Waals surface area contributed by atoms with E-state index in [1.165, 1.54) is 5.56 Å². The minimum Gasteiger partial charge on any atom is -0.396 e. The number of fused-ring (bicyclic) bond motifs is 1. The summed E-state index contributed by atoms with van der Waals surface area (Å²) in [6.45, 7) is 2.50. The SMILES string of the molecule is Cc1cccc2c(CC(=O)NCC(CO)Cc3ccccn3)c[nH]c12. The normalized spacial score (nSPS) is 12.2.